The van der Waals surface area contributed by atoms with Crippen molar-refractivity contribution in [2.75, 3.05) is 0 Å². The average molecular weight is 850 g/mol. The van der Waals surface area contributed by atoms with Crippen molar-refractivity contribution in [2.45, 2.75) is 53.1 Å². The van der Waals surface area contributed by atoms with Gasteiger partial charge in [-0.1, -0.05) is 99.8 Å². The summed E-state index contributed by atoms with van der Waals surface area (Å²) in [6.07, 6.45) is 3.49. The van der Waals surface area contributed by atoms with Crippen LogP contribution in [0.4, 0.5) is 4.39 Å². The molecule has 4 aromatic carbocycles. The molecule has 0 amide bonds. The van der Waals surface area contributed by atoms with E-state index in [9.17, 15) is 4.39 Å². The number of benzene rings is 4. The van der Waals surface area contributed by atoms with E-state index in [1.54, 1.807) is 36.5 Å². The van der Waals surface area contributed by atoms with Crippen LogP contribution in [0.15, 0.2) is 103 Å². The zero-order chi connectivity index (χ0) is 39.2. The summed E-state index contributed by atoms with van der Waals surface area (Å²) in [5.41, 5.74) is 5.53. The van der Waals surface area contributed by atoms with Crippen LogP contribution in [0.2, 0.25) is 19.6 Å². The second-order valence-electron chi connectivity index (χ2n) is 12.6. The molecule has 7 aromatic rings. The Balaban J connectivity index is 0.000000213. The number of fused-ring (bicyclic) bond motifs is 3. The first kappa shape index (κ1) is 27.1. The number of rotatable bonds is 5. The molecule has 0 saturated heterocycles. The van der Waals surface area contributed by atoms with Crippen LogP contribution in [0, 0.1) is 31.7 Å². The van der Waals surface area contributed by atoms with Gasteiger partial charge in [0.05, 0.1) is 8.07 Å². The van der Waals surface area contributed by atoms with E-state index in [4.69, 9.17) is 9.60 Å². The molecule has 0 spiro atoms. The molecule has 48 heavy (non-hydrogen) atoms. The Kier molecular flexibility index (Phi) is 8.32. The summed E-state index contributed by atoms with van der Waals surface area (Å²) in [5.74, 6) is -0.988. The van der Waals surface area contributed by atoms with E-state index in [2.05, 4.69) is 41.7 Å². The first-order chi connectivity index (χ1) is 25.2. The maximum Gasteiger partial charge on any atom is 0.130 e. The standard InChI is InChI=1S/C24H15FNS.C18H24NSi.Ir/c1-15-13-21(26-14-19(15)16-7-3-2-4-8-16)17-9-5-10-18-23-20(25)11-6-12-22(23)27-24(17)18;1-13(2)16-11-17(15-9-7-14(3)8-10-15)19-12-18(16)20(4,5)6;/h2-8,10-14H,1H3;7-9,11-13H,1-6H3;/q2*-1;/i1D3;3D3,13D;. The van der Waals surface area contributed by atoms with E-state index in [0.717, 1.165) is 37.2 Å². The molecule has 0 N–H and O–H groups in total. The third kappa shape index (κ3) is 7.43. The minimum absolute atomic E-state index is 0. The Morgan fingerprint density at radius 2 is 1.67 bits per heavy atom. The Morgan fingerprint density at radius 3 is 2.35 bits per heavy atom. The summed E-state index contributed by atoms with van der Waals surface area (Å²) < 4.78 is 71.1. The number of aryl methyl sites for hydroxylation is 2. The molecule has 3 aromatic heterocycles. The Morgan fingerprint density at radius 1 is 0.875 bits per heavy atom. The van der Waals surface area contributed by atoms with Crippen LogP contribution < -0.4 is 5.19 Å². The molecule has 245 valence electrons. The smallest absolute Gasteiger partial charge is 0.130 e. The summed E-state index contributed by atoms with van der Waals surface area (Å²) in [6, 6.07) is 32.6. The number of hydrogen-bond donors (Lipinski definition) is 0. The van der Waals surface area contributed by atoms with Gasteiger partial charge in [0.15, 0.2) is 0 Å². The second-order valence-corrected chi connectivity index (χ2v) is 18.7. The van der Waals surface area contributed by atoms with Crippen LogP contribution in [0.3, 0.4) is 0 Å². The van der Waals surface area contributed by atoms with Crippen LogP contribution in [-0.2, 0) is 20.1 Å². The molecule has 0 aliphatic rings. The van der Waals surface area contributed by atoms with Gasteiger partial charge in [-0.05, 0) is 57.3 Å². The normalized spacial score (nSPS) is 14.2. The van der Waals surface area contributed by atoms with Crippen LogP contribution in [0.25, 0.3) is 53.8 Å². The maximum atomic E-state index is 14.5. The Hall–Kier alpha value is -3.80. The summed E-state index contributed by atoms with van der Waals surface area (Å²) in [7, 11) is -1.61. The van der Waals surface area contributed by atoms with Crippen molar-refractivity contribution in [3.05, 3.63) is 138 Å². The van der Waals surface area contributed by atoms with Gasteiger partial charge in [0.25, 0.3) is 0 Å². The molecule has 0 atom stereocenters. The van der Waals surface area contributed by atoms with Crippen molar-refractivity contribution in [2.24, 2.45) is 0 Å². The molecule has 1 radical (unpaired) electrons. The Labute approximate surface area is 312 Å². The molecule has 0 bridgehead atoms. The van der Waals surface area contributed by atoms with Gasteiger partial charge < -0.3 is 9.97 Å². The third-order valence-corrected chi connectivity index (χ3v) is 11.2. The van der Waals surface area contributed by atoms with Gasteiger partial charge in [0, 0.05) is 57.7 Å². The Bertz CT molecular complexity index is 2450. The van der Waals surface area contributed by atoms with Gasteiger partial charge in [-0.3, -0.25) is 0 Å². The summed E-state index contributed by atoms with van der Waals surface area (Å²) in [4.78, 5) is 9.13. The van der Waals surface area contributed by atoms with Gasteiger partial charge >= 0.3 is 0 Å². The van der Waals surface area contributed by atoms with Crippen molar-refractivity contribution in [1.82, 2.24) is 9.97 Å². The molecule has 3 heterocycles. The molecule has 7 rings (SSSR count). The number of hydrogen-bond acceptors (Lipinski definition) is 3. The number of thiophene rings is 1. The zero-order valence-corrected chi connectivity index (χ0v) is 31.5. The fourth-order valence-corrected chi connectivity index (χ4v) is 8.38. The summed E-state index contributed by atoms with van der Waals surface area (Å²) in [5, 5.41) is 2.54. The molecule has 2 nitrogen and oxygen atoms in total. The average Bonchev–Trinajstić information content (AvgIpc) is 3.51. The number of halogens is 1. The van der Waals surface area contributed by atoms with E-state index in [0.29, 0.717) is 22.2 Å². The van der Waals surface area contributed by atoms with Crippen LogP contribution in [-0.4, -0.2) is 18.0 Å². The van der Waals surface area contributed by atoms with Gasteiger partial charge in [-0.15, -0.1) is 59.2 Å². The van der Waals surface area contributed by atoms with E-state index in [1.165, 1.54) is 28.7 Å². The number of pyridine rings is 2. The molecule has 0 aliphatic heterocycles. The van der Waals surface area contributed by atoms with Crippen LogP contribution >= 0.6 is 11.3 Å². The second kappa shape index (κ2) is 14.8. The molecule has 6 heteroatoms. The predicted molar refractivity (Wildman–Crippen MR) is 202 cm³/mol. The fourth-order valence-electron chi connectivity index (χ4n) is 5.58. The SMILES string of the molecule is [2H]C([2H])([2H])c1c[c-]c(-c2cc(C([2H])(C)C)c([Si](C)(C)C)cn2)cc1.[2H]C([2H])([2H])c1cc(-c2[c-]ccc3c2sc2cccc(F)c23)ncc1-c1ccccc1.[Ir]. The van der Waals surface area contributed by atoms with Crippen LogP contribution in [0.5, 0.6) is 0 Å². The number of nitrogens with zero attached hydrogens (tertiary/aromatic N) is 2. The van der Waals surface area contributed by atoms with E-state index in [-0.39, 0.29) is 37.0 Å². The van der Waals surface area contributed by atoms with Crippen molar-refractivity contribution in [3.8, 4) is 33.6 Å². The van der Waals surface area contributed by atoms with E-state index < -0.39 is 27.7 Å². The van der Waals surface area contributed by atoms with Crippen LogP contribution in [0.1, 0.15) is 46.0 Å². The fraction of sp³-hybridized carbons (Fsp3) is 0.190. The van der Waals surface area contributed by atoms with Gasteiger partial charge in [-0.25, -0.2) is 4.39 Å². The topological polar surface area (TPSA) is 25.8 Å². The molecule has 0 aliphatic carbocycles. The van der Waals surface area contributed by atoms with Crippen molar-refractivity contribution < 1.29 is 34.1 Å². The molecular formula is C42H39FIrN2SSi-2. The molecule has 0 saturated carbocycles. The molecule has 0 unspecified atom stereocenters. The van der Waals surface area contributed by atoms with Crippen molar-refractivity contribution in [1.29, 1.82) is 0 Å². The van der Waals surface area contributed by atoms with Gasteiger partial charge in [-0.2, -0.15) is 11.3 Å². The van der Waals surface area contributed by atoms with Gasteiger partial charge in [0.2, 0.25) is 0 Å². The van der Waals surface area contributed by atoms with E-state index >= 15 is 0 Å². The quantitative estimate of drug-likeness (QED) is 0.127. The summed E-state index contributed by atoms with van der Waals surface area (Å²) in [6.45, 7) is 6.08. The zero-order valence-electron chi connectivity index (χ0n) is 34.3. The third-order valence-electron chi connectivity index (χ3n) is 7.99. The van der Waals surface area contributed by atoms with Crippen molar-refractivity contribution in [3.63, 3.8) is 0 Å². The van der Waals surface area contributed by atoms with Gasteiger partial charge in [0.1, 0.15) is 5.82 Å². The first-order valence-electron chi connectivity index (χ1n) is 18.8. The molecule has 0 fully saturated rings. The van der Waals surface area contributed by atoms with Crippen molar-refractivity contribution >= 4 is 44.8 Å². The maximum absolute atomic E-state index is 14.5. The monoisotopic (exact) mass is 850 g/mol. The summed E-state index contributed by atoms with van der Waals surface area (Å²) >= 11 is 1.46. The first-order valence-corrected chi connectivity index (χ1v) is 19.7. The predicted octanol–water partition coefficient (Wildman–Crippen LogP) is 11.6. The minimum Gasteiger partial charge on any atom is -0.305 e. The van der Waals surface area contributed by atoms with E-state index in [1.807, 2.05) is 68.6 Å². The minimum atomic E-state index is -2.30. The molecular weight excluding hydrogens is 804 g/mol. The number of aromatic nitrogens is 2. The largest absolute Gasteiger partial charge is 0.305 e.